The van der Waals surface area contributed by atoms with Crippen LogP contribution in [-0.2, 0) is 0 Å². The van der Waals surface area contributed by atoms with E-state index in [0.29, 0.717) is 0 Å². The maximum atomic E-state index is 2.51. The summed E-state index contributed by atoms with van der Waals surface area (Å²) in [7, 11) is 0. The number of hydrogen-bond acceptors (Lipinski definition) is 1. The van der Waals surface area contributed by atoms with Crippen molar-refractivity contribution in [1.29, 1.82) is 0 Å². The van der Waals surface area contributed by atoms with Gasteiger partial charge in [0.2, 0.25) is 0 Å². The quantitative estimate of drug-likeness (QED) is 0.140. The van der Waals surface area contributed by atoms with Gasteiger partial charge in [-0.05, 0) is 144 Å². The number of nitrogens with zero attached hydrogens (tertiary/aromatic N) is 2. The number of para-hydroxylation sites is 2. The Morgan fingerprint density at radius 3 is 1.41 bits per heavy atom. The molecule has 0 fully saturated rings. The monoisotopic (exact) mass is 940 g/mol. The first kappa shape index (κ1) is 43.1. The molecule has 0 aliphatic rings. The van der Waals surface area contributed by atoms with E-state index in [-0.39, 0.29) is 0 Å². The van der Waals surface area contributed by atoms with E-state index < -0.39 is 0 Å². The van der Waals surface area contributed by atoms with E-state index in [9.17, 15) is 0 Å². The van der Waals surface area contributed by atoms with Crippen LogP contribution < -0.4 is 4.90 Å². The third-order valence-corrected chi connectivity index (χ3v) is 14.9. The third-order valence-electron chi connectivity index (χ3n) is 14.9. The summed E-state index contributed by atoms with van der Waals surface area (Å²) < 4.78 is 2.51. The molecule has 14 rings (SSSR count). The first-order valence-electron chi connectivity index (χ1n) is 25.5. The Morgan fingerprint density at radius 2 is 0.703 bits per heavy atom. The zero-order valence-electron chi connectivity index (χ0n) is 40.6. The lowest BCUT2D eigenvalue weighted by molar-refractivity contribution is 1.18. The van der Waals surface area contributed by atoms with Crippen molar-refractivity contribution in [3.8, 4) is 61.3 Å². The van der Waals surface area contributed by atoms with E-state index >= 15 is 0 Å². The van der Waals surface area contributed by atoms with Crippen LogP contribution in [0.1, 0.15) is 0 Å². The molecule has 2 heteroatoms. The molecule has 0 spiro atoms. The van der Waals surface area contributed by atoms with E-state index in [2.05, 4.69) is 301 Å². The van der Waals surface area contributed by atoms with Crippen molar-refractivity contribution >= 4 is 71.2 Å². The molecule has 74 heavy (non-hydrogen) atoms. The Bertz CT molecular complexity index is 4410. The summed E-state index contributed by atoms with van der Waals surface area (Å²) in [5, 5.41) is 9.84. The van der Waals surface area contributed by atoms with Gasteiger partial charge < -0.3 is 9.47 Å². The summed E-state index contributed by atoms with van der Waals surface area (Å²) in [5.74, 6) is 0. The molecule has 0 bridgehead atoms. The molecule has 0 atom stereocenters. The second-order valence-corrected chi connectivity index (χ2v) is 19.3. The second kappa shape index (κ2) is 18.1. The van der Waals surface area contributed by atoms with Crippen molar-refractivity contribution in [1.82, 2.24) is 4.57 Å². The minimum Gasteiger partial charge on any atom is -0.310 e. The van der Waals surface area contributed by atoms with Crippen LogP contribution in [0.4, 0.5) is 17.1 Å². The van der Waals surface area contributed by atoms with Gasteiger partial charge >= 0.3 is 0 Å². The largest absolute Gasteiger partial charge is 0.310 e. The van der Waals surface area contributed by atoms with Gasteiger partial charge in [-0.2, -0.15) is 0 Å². The summed E-state index contributed by atoms with van der Waals surface area (Å²) in [4.78, 5) is 2.42. The lowest BCUT2D eigenvalue weighted by atomic mass is 9.92. The molecule has 1 heterocycles. The molecule has 1 aromatic heterocycles. The van der Waals surface area contributed by atoms with Crippen LogP contribution in [0.5, 0.6) is 0 Å². The minimum atomic E-state index is 1.06. The summed E-state index contributed by atoms with van der Waals surface area (Å²) in [6.07, 6.45) is 0. The van der Waals surface area contributed by atoms with E-state index in [1.54, 1.807) is 0 Å². The maximum absolute atomic E-state index is 2.51. The number of benzene rings is 13. The average molecular weight is 941 g/mol. The van der Waals surface area contributed by atoms with Gasteiger partial charge in [0.05, 0.1) is 16.7 Å². The van der Waals surface area contributed by atoms with E-state index in [1.165, 1.54) is 93.1 Å². The van der Waals surface area contributed by atoms with E-state index in [1.807, 2.05) is 0 Å². The fourth-order valence-electron chi connectivity index (χ4n) is 11.5. The van der Waals surface area contributed by atoms with Crippen molar-refractivity contribution < 1.29 is 0 Å². The van der Waals surface area contributed by atoms with Crippen LogP contribution in [0.2, 0.25) is 0 Å². The highest BCUT2D eigenvalue weighted by atomic mass is 15.1. The van der Waals surface area contributed by atoms with Crippen LogP contribution in [-0.4, -0.2) is 4.57 Å². The SMILES string of the molecule is c1ccc(-c2cc(-c3cccc(N(c4ccc(-c5cccc(-c6ccccc6)c5-n5c6ccccc6c6cc7ccccc7cc65)cc4)c4cccc(-c5cccc6ccccc56)c4)c3)c3ccccc3c2)cc1. The molecule has 0 aliphatic carbocycles. The van der Waals surface area contributed by atoms with Gasteiger partial charge in [0.25, 0.3) is 0 Å². The fraction of sp³-hybridized carbons (Fsp3) is 0. The van der Waals surface area contributed by atoms with Gasteiger partial charge in [-0.25, -0.2) is 0 Å². The van der Waals surface area contributed by atoms with Crippen molar-refractivity contribution in [3.63, 3.8) is 0 Å². The first-order valence-corrected chi connectivity index (χ1v) is 25.5. The molecule has 0 radical (unpaired) electrons. The topological polar surface area (TPSA) is 8.17 Å². The van der Waals surface area contributed by atoms with Crippen LogP contribution in [0.3, 0.4) is 0 Å². The lowest BCUT2D eigenvalue weighted by Gasteiger charge is -2.27. The Balaban J connectivity index is 0.960. The molecule has 0 unspecified atom stereocenters. The summed E-state index contributed by atoms with van der Waals surface area (Å²) in [5.41, 5.74) is 18.5. The number of rotatable bonds is 9. The van der Waals surface area contributed by atoms with Crippen molar-refractivity contribution in [2.75, 3.05) is 4.90 Å². The number of anilines is 3. The highest BCUT2D eigenvalue weighted by Gasteiger charge is 2.22. The van der Waals surface area contributed by atoms with Gasteiger partial charge in [-0.15, -0.1) is 0 Å². The van der Waals surface area contributed by atoms with Gasteiger partial charge in [0.15, 0.2) is 0 Å². The van der Waals surface area contributed by atoms with Crippen molar-refractivity contribution in [2.45, 2.75) is 0 Å². The molecule has 0 saturated heterocycles. The molecule has 14 aromatic rings. The molecule has 346 valence electrons. The van der Waals surface area contributed by atoms with E-state index in [0.717, 1.165) is 39.4 Å². The molecule has 0 aliphatic heterocycles. The molecule has 0 amide bonds. The predicted octanol–water partition coefficient (Wildman–Crippen LogP) is 20.0. The first-order chi connectivity index (χ1) is 36.7. The Kier molecular flexibility index (Phi) is 10.6. The van der Waals surface area contributed by atoms with Gasteiger partial charge in [-0.1, -0.05) is 224 Å². The summed E-state index contributed by atoms with van der Waals surface area (Å²) in [6, 6.07) is 107. The smallest absolute Gasteiger partial charge is 0.0618 e. The van der Waals surface area contributed by atoms with Gasteiger partial charge in [0, 0.05) is 39.0 Å². The standard InChI is InChI=1S/C72H48N2/c1-3-19-49(20-4-1)58-43-55-26-10-12-33-64(55)68(47-58)57-29-16-31-61(45-57)73(60-30-15-28-56(44-60)63-35-17-27-50-23-9-11-32-62(50)63)59-41-39-52(40-42-59)66-37-18-36-65(51-21-5-2-6-22-51)72(66)74-70-38-14-13-34-67(70)69-46-53-24-7-8-25-54(53)48-71(69)74/h1-48H. The Morgan fingerprint density at radius 1 is 0.216 bits per heavy atom. The van der Waals surface area contributed by atoms with Crippen LogP contribution in [0.25, 0.3) is 115 Å². The van der Waals surface area contributed by atoms with Crippen LogP contribution in [0.15, 0.2) is 291 Å². The molecule has 2 nitrogen and oxygen atoms in total. The maximum Gasteiger partial charge on any atom is 0.0618 e. The number of hydrogen-bond donors (Lipinski definition) is 0. The molecule has 13 aromatic carbocycles. The van der Waals surface area contributed by atoms with E-state index in [4.69, 9.17) is 0 Å². The Labute approximate surface area is 430 Å². The Hall–Kier alpha value is -9.76. The molecule has 0 N–H and O–H groups in total. The molecule has 0 saturated carbocycles. The summed E-state index contributed by atoms with van der Waals surface area (Å²) in [6.45, 7) is 0. The number of aromatic nitrogens is 1. The molecular formula is C72H48N2. The second-order valence-electron chi connectivity index (χ2n) is 19.3. The van der Waals surface area contributed by atoms with Crippen molar-refractivity contribution in [3.05, 3.63) is 291 Å². The van der Waals surface area contributed by atoms with Gasteiger partial charge in [-0.3, -0.25) is 0 Å². The van der Waals surface area contributed by atoms with Crippen molar-refractivity contribution in [2.24, 2.45) is 0 Å². The average Bonchev–Trinajstić information content (AvgIpc) is 3.79. The lowest BCUT2D eigenvalue weighted by Crippen LogP contribution is -2.10. The molecular weight excluding hydrogens is 893 g/mol. The van der Waals surface area contributed by atoms with Crippen LogP contribution in [0, 0.1) is 0 Å². The zero-order chi connectivity index (χ0) is 49.0. The highest BCUT2D eigenvalue weighted by Crippen LogP contribution is 2.45. The highest BCUT2D eigenvalue weighted by molar-refractivity contribution is 6.14. The minimum absolute atomic E-state index is 1.06. The third kappa shape index (κ3) is 7.52. The van der Waals surface area contributed by atoms with Crippen LogP contribution >= 0.6 is 0 Å². The zero-order valence-corrected chi connectivity index (χ0v) is 40.6. The van der Waals surface area contributed by atoms with Gasteiger partial charge in [0.1, 0.15) is 0 Å². The fourth-order valence-corrected chi connectivity index (χ4v) is 11.5. The predicted molar refractivity (Wildman–Crippen MR) is 315 cm³/mol. The normalized spacial score (nSPS) is 11.5. The number of fused-ring (bicyclic) bond motifs is 6. The summed E-state index contributed by atoms with van der Waals surface area (Å²) >= 11 is 0.